The molecule has 0 spiro atoms. The van der Waals surface area contributed by atoms with Crippen LogP contribution in [0.5, 0.6) is 11.5 Å². The molecular formula is C21H17NO5. The lowest BCUT2D eigenvalue weighted by atomic mass is 9.98. The molecule has 0 fully saturated rings. The zero-order chi connectivity index (χ0) is 19.6. The van der Waals surface area contributed by atoms with E-state index in [2.05, 4.69) is 0 Å². The lowest BCUT2D eigenvalue weighted by Gasteiger charge is -2.10. The second-order valence-electron chi connectivity index (χ2n) is 6.18. The number of aromatic hydroxyl groups is 1. The van der Waals surface area contributed by atoms with Gasteiger partial charge in [-0.1, -0.05) is 12.1 Å². The van der Waals surface area contributed by atoms with Crippen LogP contribution < -0.4 is 4.74 Å². The Bertz CT molecular complexity index is 1000. The highest BCUT2D eigenvalue weighted by atomic mass is 16.6. The topological polar surface area (TPSA) is 89.7 Å². The van der Waals surface area contributed by atoms with Gasteiger partial charge in [-0.2, -0.15) is 0 Å². The minimum Gasteiger partial charge on any atom is -0.507 e. The van der Waals surface area contributed by atoms with Crippen molar-refractivity contribution in [1.29, 1.82) is 0 Å². The third kappa shape index (κ3) is 3.95. The Balaban J connectivity index is 1.84. The van der Waals surface area contributed by atoms with Crippen molar-refractivity contribution in [3.05, 3.63) is 87.5 Å². The third-order valence-electron chi connectivity index (χ3n) is 4.18. The van der Waals surface area contributed by atoms with Gasteiger partial charge in [-0.25, -0.2) is 4.79 Å². The van der Waals surface area contributed by atoms with Crippen LogP contribution in [0.3, 0.4) is 0 Å². The summed E-state index contributed by atoms with van der Waals surface area (Å²) in [5, 5.41) is 20.6. The molecule has 0 aromatic heterocycles. The van der Waals surface area contributed by atoms with E-state index in [1.807, 2.05) is 32.0 Å². The first-order chi connectivity index (χ1) is 12.8. The molecule has 0 aliphatic rings. The van der Waals surface area contributed by atoms with E-state index >= 15 is 0 Å². The summed E-state index contributed by atoms with van der Waals surface area (Å²) < 4.78 is 5.29. The quantitative estimate of drug-likeness (QED) is 0.311. The number of nitro groups is 1. The normalized spacial score (nSPS) is 10.4. The van der Waals surface area contributed by atoms with Gasteiger partial charge >= 0.3 is 5.97 Å². The molecule has 3 rings (SSSR count). The smallest absolute Gasteiger partial charge is 0.343 e. The predicted octanol–water partition coefficient (Wildman–Crippen LogP) is 4.80. The second kappa shape index (κ2) is 7.29. The van der Waals surface area contributed by atoms with Crippen molar-refractivity contribution in [3.63, 3.8) is 0 Å². The van der Waals surface area contributed by atoms with Crippen LogP contribution in [0.2, 0.25) is 0 Å². The average molecular weight is 363 g/mol. The number of hydrogen-bond acceptors (Lipinski definition) is 5. The molecule has 0 heterocycles. The van der Waals surface area contributed by atoms with E-state index < -0.39 is 10.9 Å². The maximum Gasteiger partial charge on any atom is 0.343 e. The number of carbonyl (C=O) groups excluding carboxylic acids is 1. The minimum atomic E-state index is -0.557. The molecule has 0 saturated heterocycles. The fourth-order valence-electron chi connectivity index (χ4n) is 2.75. The van der Waals surface area contributed by atoms with Crippen molar-refractivity contribution in [2.75, 3.05) is 0 Å². The highest BCUT2D eigenvalue weighted by Gasteiger charge is 2.12. The van der Waals surface area contributed by atoms with Crippen molar-refractivity contribution in [2.45, 2.75) is 13.8 Å². The Morgan fingerprint density at radius 3 is 2.19 bits per heavy atom. The van der Waals surface area contributed by atoms with E-state index in [4.69, 9.17) is 4.74 Å². The molecule has 0 unspecified atom stereocenters. The molecule has 6 heteroatoms. The monoisotopic (exact) mass is 363 g/mol. The molecular weight excluding hydrogens is 346 g/mol. The number of benzene rings is 3. The number of phenolic OH excluding ortho intramolecular Hbond substituents is 1. The van der Waals surface area contributed by atoms with E-state index in [9.17, 15) is 20.0 Å². The van der Waals surface area contributed by atoms with E-state index in [1.54, 1.807) is 18.2 Å². The summed E-state index contributed by atoms with van der Waals surface area (Å²) in [6.45, 7) is 3.64. The molecule has 3 aromatic carbocycles. The van der Waals surface area contributed by atoms with Gasteiger partial charge in [0.25, 0.3) is 5.69 Å². The number of rotatable bonds is 4. The first-order valence-corrected chi connectivity index (χ1v) is 8.22. The number of ether oxygens (including phenoxy) is 1. The largest absolute Gasteiger partial charge is 0.507 e. The summed E-state index contributed by atoms with van der Waals surface area (Å²) in [5.41, 5.74) is 3.49. The zero-order valence-corrected chi connectivity index (χ0v) is 14.8. The summed E-state index contributed by atoms with van der Waals surface area (Å²) >= 11 is 0. The third-order valence-corrected chi connectivity index (χ3v) is 4.18. The summed E-state index contributed by atoms with van der Waals surface area (Å²) in [6.07, 6.45) is 0. The Labute approximate surface area is 155 Å². The lowest BCUT2D eigenvalue weighted by molar-refractivity contribution is -0.384. The van der Waals surface area contributed by atoms with Gasteiger partial charge in [0.05, 0.1) is 10.5 Å². The lowest BCUT2D eigenvalue weighted by Crippen LogP contribution is -2.08. The number of phenols is 1. The van der Waals surface area contributed by atoms with Crippen molar-refractivity contribution in [2.24, 2.45) is 0 Å². The first kappa shape index (κ1) is 18.1. The molecule has 0 amide bonds. The molecule has 0 saturated carbocycles. The fraction of sp³-hybridized carbons (Fsp3) is 0.0952. The zero-order valence-electron chi connectivity index (χ0n) is 14.8. The highest BCUT2D eigenvalue weighted by molar-refractivity contribution is 5.92. The number of non-ortho nitro benzene ring substituents is 1. The number of nitrogens with zero attached hydrogens (tertiary/aromatic N) is 1. The SMILES string of the molecule is Cc1cc(-c2cccc(C(=O)Oc3ccc([N+](=O)[O-])cc3)c2)cc(C)c1O. The van der Waals surface area contributed by atoms with Crippen LogP contribution in [-0.2, 0) is 0 Å². The van der Waals surface area contributed by atoms with E-state index in [0.29, 0.717) is 5.56 Å². The van der Waals surface area contributed by atoms with Crippen molar-refractivity contribution in [3.8, 4) is 22.6 Å². The van der Waals surface area contributed by atoms with Crippen LogP contribution in [0.1, 0.15) is 21.5 Å². The van der Waals surface area contributed by atoms with Gasteiger partial charge in [0.2, 0.25) is 0 Å². The molecule has 0 bridgehead atoms. The fourth-order valence-corrected chi connectivity index (χ4v) is 2.75. The van der Waals surface area contributed by atoms with Gasteiger partial charge in [0, 0.05) is 12.1 Å². The molecule has 0 atom stereocenters. The predicted molar refractivity (Wildman–Crippen MR) is 101 cm³/mol. The van der Waals surface area contributed by atoms with Gasteiger partial charge < -0.3 is 9.84 Å². The molecule has 27 heavy (non-hydrogen) atoms. The Kier molecular flexibility index (Phi) is 4.90. The van der Waals surface area contributed by atoms with Crippen molar-refractivity contribution in [1.82, 2.24) is 0 Å². The number of carbonyl (C=O) groups is 1. The molecule has 6 nitrogen and oxygen atoms in total. The first-order valence-electron chi connectivity index (χ1n) is 8.22. The second-order valence-corrected chi connectivity index (χ2v) is 6.18. The van der Waals surface area contributed by atoms with E-state index in [0.717, 1.165) is 22.3 Å². The number of hydrogen-bond donors (Lipinski definition) is 1. The summed E-state index contributed by atoms with van der Waals surface area (Å²) in [6, 6.07) is 16.0. The van der Waals surface area contributed by atoms with E-state index in [1.165, 1.54) is 24.3 Å². The van der Waals surface area contributed by atoms with Gasteiger partial charge in [-0.15, -0.1) is 0 Å². The maximum atomic E-state index is 12.4. The average Bonchev–Trinajstić information content (AvgIpc) is 2.66. The van der Waals surface area contributed by atoms with Crippen LogP contribution >= 0.6 is 0 Å². The molecule has 0 aliphatic carbocycles. The van der Waals surface area contributed by atoms with Crippen LogP contribution in [0.4, 0.5) is 5.69 Å². The minimum absolute atomic E-state index is 0.0742. The standard InChI is InChI=1S/C21H17NO5/c1-13-10-17(11-14(2)20(13)23)15-4-3-5-16(12-15)21(24)27-19-8-6-18(7-9-19)22(25)26/h3-12,23H,1-2H3. The van der Waals surface area contributed by atoms with Crippen LogP contribution in [0.15, 0.2) is 60.7 Å². The summed E-state index contributed by atoms with van der Waals surface area (Å²) in [5.74, 6) is -0.0715. The number of esters is 1. The Morgan fingerprint density at radius 2 is 1.59 bits per heavy atom. The molecule has 1 N–H and O–H groups in total. The molecule has 3 aromatic rings. The number of aryl methyl sites for hydroxylation is 2. The van der Waals surface area contributed by atoms with Gasteiger partial charge in [0.15, 0.2) is 0 Å². The summed E-state index contributed by atoms with van der Waals surface area (Å²) in [4.78, 5) is 22.6. The van der Waals surface area contributed by atoms with Gasteiger partial charge in [-0.3, -0.25) is 10.1 Å². The maximum absolute atomic E-state index is 12.4. The number of nitro benzene ring substituents is 1. The Morgan fingerprint density at radius 1 is 0.963 bits per heavy atom. The van der Waals surface area contributed by atoms with Crippen LogP contribution in [0.25, 0.3) is 11.1 Å². The van der Waals surface area contributed by atoms with Crippen LogP contribution in [0, 0.1) is 24.0 Å². The van der Waals surface area contributed by atoms with Crippen molar-refractivity contribution >= 4 is 11.7 Å². The van der Waals surface area contributed by atoms with Crippen LogP contribution in [-0.4, -0.2) is 16.0 Å². The summed E-state index contributed by atoms with van der Waals surface area (Å²) in [7, 11) is 0. The van der Waals surface area contributed by atoms with E-state index in [-0.39, 0.29) is 17.2 Å². The Hall–Kier alpha value is -3.67. The molecule has 0 radical (unpaired) electrons. The van der Waals surface area contributed by atoms with Crippen molar-refractivity contribution < 1.29 is 19.6 Å². The molecule has 0 aliphatic heterocycles. The van der Waals surface area contributed by atoms with Gasteiger partial charge in [-0.05, 0) is 72.5 Å². The van der Waals surface area contributed by atoms with Gasteiger partial charge in [0.1, 0.15) is 11.5 Å². The molecule has 136 valence electrons. The highest BCUT2D eigenvalue weighted by Crippen LogP contribution is 2.29.